The van der Waals surface area contributed by atoms with Gasteiger partial charge in [0.1, 0.15) is 5.60 Å². The van der Waals surface area contributed by atoms with Crippen LogP contribution in [0.3, 0.4) is 0 Å². The summed E-state index contributed by atoms with van der Waals surface area (Å²) in [4.78, 5) is 13.0. The van der Waals surface area contributed by atoms with E-state index in [0.717, 1.165) is 24.0 Å². The van der Waals surface area contributed by atoms with Crippen molar-refractivity contribution in [2.75, 3.05) is 0 Å². The lowest BCUT2D eigenvalue weighted by atomic mass is 9.83. The molecule has 0 aliphatic rings. The van der Waals surface area contributed by atoms with Gasteiger partial charge in [0.05, 0.1) is 0 Å². The molecule has 0 bridgehead atoms. The van der Waals surface area contributed by atoms with Crippen molar-refractivity contribution >= 4 is 5.78 Å². The van der Waals surface area contributed by atoms with Crippen LogP contribution in [0.1, 0.15) is 124 Å². The van der Waals surface area contributed by atoms with Crippen LogP contribution < -0.4 is 0 Å². The maximum absolute atomic E-state index is 13.0. The number of hydrogen-bond donors (Lipinski definition) is 1. The molecule has 0 aliphatic carbocycles. The molecule has 0 amide bonds. The van der Waals surface area contributed by atoms with Gasteiger partial charge >= 0.3 is 0 Å². The van der Waals surface area contributed by atoms with E-state index in [9.17, 15) is 9.90 Å². The van der Waals surface area contributed by atoms with Crippen molar-refractivity contribution in [1.82, 2.24) is 0 Å². The minimum atomic E-state index is -1.22. The topological polar surface area (TPSA) is 37.3 Å². The number of ketones is 1. The van der Waals surface area contributed by atoms with E-state index in [2.05, 4.69) is 20.8 Å². The van der Waals surface area contributed by atoms with Gasteiger partial charge in [0.2, 0.25) is 0 Å². The molecule has 160 valence electrons. The molecule has 0 saturated carbocycles. The van der Waals surface area contributed by atoms with Crippen LogP contribution in [0.15, 0.2) is 12.1 Å². The SMILES string of the molecule is CCCCCCCCCCCCCC(O)(CC)C(=O)c1ccc(C)c(C)c1C. The Kier molecular flexibility index (Phi) is 11.7. The predicted molar refractivity (Wildman–Crippen MR) is 121 cm³/mol. The smallest absolute Gasteiger partial charge is 0.194 e. The molecule has 2 nitrogen and oxygen atoms in total. The molecule has 1 rings (SSSR count). The third kappa shape index (κ3) is 7.70. The molecule has 0 aliphatic heterocycles. The van der Waals surface area contributed by atoms with Gasteiger partial charge in [0.25, 0.3) is 0 Å². The van der Waals surface area contributed by atoms with E-state index < -0.39 is 5.60 Å². The first-order valence-corrected chi connectivity index (χ1v) is 11.7. The quantitative estimate of drug-likeness (QED) is 0.247. The summed E-state index contributed by atoms with van der Waals surface area (Å²) < 4.78 is 0. The van der Waals surface area contributed by atoms with E-state index >= 15 is 0 Å². The fourth-order valence-electron chi connectivity index (χ4n) is 3.99. The third-order valence-electron chi connectivity index (χ3n) is 6.50. The number of rotatable bonds is 15. The second-order valence-corrected chi connectivity index (χ2v) is 8.68. The number of hydrogen-bond acceptors (Lipinski definition) is 2. The average molecular weight is 389 g/mol. The molecule has 28 heavy (non-hydrogen) atoms. The van der Waals surface area contributed by atoms with E-state index in [1.54, 1.807) is 0 Å². The average Bonchev–Trinajstić information content (AvgIpc) is 2.69. The van der Waals surface area contributed by atoms with Gasteiger partial charge in [-0.3, -0.25) is 4.79 Å². The van der Waals surface area contributed by atoms with Crippen LogP contribution in [0.25, 0.3) is 0 Å². The Bertz CT molecular complexity index is 590. The molecule has 2 heteroatoms. The Labute approximate surface area is 174 Å². The number of unbranched alkanes of at least 4 members (excludes halogenated alkanes) is 10. The lowest BCUT2D eigenvalue weighted by Gasteiger charge is -2.26. The molecular weight excluding hydrogens is 344 g/mol. The van der Waals surface area contributed by atoms with Crippen LogP contribution in [-0.4, -0.2) is 16.5 Å². The predicted octanol–water partition coefficient (Wildman–Crippen LogP) is 7.64. The third-order valence-corrected chi connectivity index (χ3v) is 6.50. The highest BCUT2D eigenvalue weighted by atomic mass is 16.3. The molecule has 0 heterocycles. The zero-order valence-corrected chi connectivity index (χ0v) is 19.2. The summed E-state index contributed by atoms with van der Waals surface area (Å²) in [5.41, 5.74) is 2.83. The van der Waals surface area contributed by atoms with E-state index in [1.165, 1.54) is 63.4 Å². The Morgan fingerprint density at radius 3 is 1.79 bits per heavy atom. The maximum Gasteiger partial charge on any atom is 0.194 e. The molecule has 1 unspecified atom stereocenters. The van der Waals surface area contributed by atoms with E-state index in [-0.39, 0.29) is 5.78 Å². The summed E-state index contributed by atoms with van der Waals surface area (Å²) in [5, 5.41) is 11.0. The highest BCUT2D eigenvalue weighted by molar-refractivity contribution is 6.03. The number of aryl methyl sites for hydroxylation is 1. The molecule has 0 fully saturated rings. The van der Waals surface area contributed by atoms with Crippen LogP contribution in [0, 0.1) is 20.8 Å². The summed E-state index contributed by atoms with van der Waals surface area (Å²) in [5.74, 6) is -0.0947. The molecule has 0 aromatic heterocycles. The van der Waals surface area contributed by atoms with Gasteiger partial charge in [-0.1, -0.05) is 96.6 Å². The fraction of sp³-hybridized carbons (Fsp3) is 0.731. The van der Waals surface area contributed by atoms with Crippen molar-refractivity contribution in [1.29, 1.82) is 0 Å². The molecular formula is C26H44O2. The van der Waals surface area contributed by atoms with Gasteiger partial charge < -0.3 is 5.11 Å². The number of carbonyl (C=O) groups is 1. The molecule has 1 aromatic rings. The molecule has 1 aromatic carbocycles. The largest absolute Gasteiger partial charge is 0.382 e. The zero-order chi connectivity index (χ0) is 21.0. The van der Waals surface area contributed by atoms with Crippen molar-refractivity contribution in [3.05, 3.63) is 34.4 Å². The lowest BCUT2D eigenvalue weighted by Crippen LogP contribution is -2.38. The first-order chi connectivity index (χ1) is 13.4. The Hall–Kier alpha value is -1.15. The monoisotopic (exact) mass is 388 g/mol. The van der Waals surface area contributed by atoms with E-state index in [4.69, 9.17) is 0 Å². The van der Waals surface area contributed by atoms with Gasteiger partial charge in [-0.15, -0.1) is 0 Å². The van der Waals surface area contributed by atoms with Gasteiger partial charge in [0, 0.05) is 5.56 Å². The second-order valence-electron chi connectivity index (χ2n) is 8.68. The zero-order valence-electron chi connectivity index (χ0n) is 19.2. The van der Waals surface area contributed by atoms with Gasteiger partial charge in [0.15, 0.2) is 5.78 Å². The first kappa shape index (κ1) is 24.9. The van der Waals surface area contributed by atoms with E-state index in [0.29, 0.717) is 18.4 Å². The lowest BCUT2D eigenvalue weighted by molar-refractivity contribution is 0.0237. The van der Waals surface area contributed by atoms with Crippen LogP contribution in [0.4, 0.5) is 0 Å². The summed E-state index contributed by atoms with van der Waals surface area (Å²) >= 11 is 0. The standard InChI is InChI=1S/C26H44O2/c1-6-8-9-10-11-12-13-14-15-16-17-20-26(28,7-2)25(27)24-19-18-21(3)22(4)23(24)5/h18-19,28H,6-17,20H2,1-5H3. The van der Waals surface area contributed by atoms with Crippen LogP contribution in [0.5, 0.6) is 0 Å². The van der Waals surface area contributed by atoms with Crippen molar-refractivity contribution in [2.24, 2.45) is 0 Å². The Balaban J connectivity index is 2.37. The van der Waals surface area contributed by atoms with E-state index in [1.807, 2.05) is 26.0 Å². The summed E-state index contributed by atoms with van der Waals surface area (Å²) in [6.45, 7) is 10.3. The number of Topliss-reactive ketones (excluding diaryl/α,β-unsaturated/α-hetero) is 1. The highest BCUT2D eigenvalue weighted by Gasteiger charge is 2.34. The molecule has 1 N–H and O–H groups in total. The minimum Gasteiger partial charge on any atom is -0.382 e. The van der Waals surface area contributed by atoms with Crippen molar-refractivity contribution in [3.8, 4) is 0 Å². The highest BCUT2D eigenvalue weighted by Crippen LogP contribution is 2.28. The van der Waals surface area contributed by atoms with Crippen LogP contribution >= 0.6 is 0 Å². The number of benzene rings is 1. The Morgan fingerprint density at radius 1 is 0.786 bits per heavy atom. The first-order valence-electron chi connectivity index (χ1n) is 11.7. The summed E-state index contributed by atoms with van der Waals surface area (Å²) in [6.07, 6.45) is 15.1. The van der Waals surface area contributed by atoms with Crippen molar-refractivity contribution in [3.63, 3.8) is 0 Å². The number of carbonyl (C=O) groups excluding carboxylic acids is 1. The Morgan fingerprint density at radius 2 is 1.29 bits per heavy atom. The van der Waals surface area contributed by atoms with Crippen LogP contribution in [0.2, 0.25) is 0 Å². The van der Waals surface area contributed by atoms with Gasteiger partial charge in [-0.2, -0.15) is 0 Å². The van der Waals surface area contributed by atoms with Gasteiger partial charge in [-0.05, 0) is 50.3 Å². The molecule has 0 radical (unpaired) electrons. The second kappa shape index (κ2) is 13.1. The molecule has 0 saturated heterocycles. The fourth-order valence-corrected chi connectivity index (χ4v) is 3.99. The molecule has 1 atom stereocenters. The maximum atomic E-state index is 13.0. The summed E-state index contributed by atoms with van der Waals surface area (Å²) in [6, 6.07) is 3.88. The normalized spacial score (nSPS) is 13.5. The van der Waals surface area contributed by atoms with Crippen molar-refractivity contribution < 1.29 is 9.90 Å². The minimum absolute atomic E-state index is 0.0947. The summed E-state index contributed by atoms with van der Waals surface area (Å²) in [7, 11) is 0. The van der Waals surface area contributed by atoms with Gasteiger partial charge in [-0.25, -0.2) is 0 Å². The van der Waals surface area contributed by atoms with Crippen molar-refractivity contribution in [2.45, 2.75) is 124 Å². The number of aliphatic hydroxyl groups is 1. The van der Waals surface area contributed by atoms with Crippen LogP contribution in [-0.2, 0) is 0 Å². The molecule has 0 spiro atoms.